The normalized spacial score (nSPS) is 23.5. The average molecular weight is 214 g/mol. The number of piperidine rings is 1. The molecule has 1 unspecified atom stereocenters. The van der Waals surface area contributed by atoms with E-state index in [4.69, 9.17) is 4.74 Å². The van der Waals surface area contributed by atoms with E-state index < -0.39 is 0 Å². The summed E-state index contributed by atoms with van der Waals surface area (Å²) in [5, 5.41) is 6.19. The Labute approximate surface area is 91.8 Å². The van der Waals surface area contributed by atoms with Gasteiger partial charge in [-0.15, -0.1) is 0 Å². The number of rotatable bonds is 5. The molecule has 0 saturated carbocycles. The fourth-order valence-corrected chi connectivity index (χ4v) is 1.76. The van der Waals surface area contributed by atoms with Crippen molar-refractivity contribution in [2.24, 2.45) is 0 Å². The number of ether oxygens (including phenoxy) is 1. The maximum atomic E-state index is 11.7. The number of hydrogen-bond acceptors (Lipinski definition) is 3. The zero-order valence-corrected chi connectivity index (χ0v) is 9.71. The summed E-state index contributed by atoms with van der Waals surface area (Å²) in [4.78, 5) is 11.7. The Hall–Kier alpha value is -0.610. The molecule has 0 aliphatic carbocycles. The quantitative estimate of drug-likeness (QED) is 0.707. The van der Waals surface area contributed by atoms with Crippen LogP contribution < -0.4 is 10.6 Å². The highest BCUT2D eigenvalue weighted by Gasteiger charge is 2.21. The molecule has 1 aliphatic heterocycles. The molecule has 2 atom stereocenters. The molecule has 0 radical (unpaired) electrons. The lowest BCUT2D eigenvalue weighted by Gasteiger charge is -2.24. The minimum absolute atomic E-state index is 0.00262. The third-order valence-electron chi connectivity index (χ3n) is 2.59. The summed E-state index contributed by atoms with van der Waals surface area (Å²) >= 11 is 0. The lowest BCUT2D eigenvalue weighted by atomic mass is 10.0. The van der Waals surface area contributed by atoms with Gasteiger partial charge in [0.15, 0.2) is 0 Å². The molecular weight excluding hydrogens is 192 g/mol. The van der Waals surface area contributed by atoms with Gasteiger partial charge in [0, 0.05) is 12.6 Å². The summed E-state index contributed by atoms with van der Waals surface area (Å²) < 4.78 is 5.25. The number of carbonyl (C=O) groups excluding carboxylic acids is 1. The van der Waals surface area contributed by atoms with E-state index in [1.54, 1.807) is 0 Å². The van der Waals surface area contributed by atoms with Crippen LogP contribution in [0.25, 0.3) is 0 Å². The van der Waals surface area contributed by atoms with Gasteiger partial charge in [-0.25, -0.2) is 0 Å². The Morgan fingerprint density at radius 3 is 3.00 bits per heavy atom. The minimum atomic E-state index is 0.00262. The summed E-state index contributed by atoms with van der Waals surface area (Å²) in [6.07, 6.45) is 3.27. The van der Waals surface area contributed by atoms with Crippen LogP contribution in [0.1, 0.15) is 33.1 Å². The SMILES string of the molecule is CCOCC(C)NC(=O)[C@@H]1CCCCN1. The topological polar surface area (TPSA) is 50.4 Å². The van der Waals surface area contributed by atoms with Gasteiger partial charge in [-0.3, -0.25) is 4.79 Å². The number of nitrogens with one attached hydrogen (secondary N) is 2. The second-order valence-electron chi connectivity index (χ2n) is 4.07. The predicted octanol–water partition coefficient (Wildman–Crippen LogP) is 0.670. The van der Waals surface area contributed by atoms with Crippen molar-refractivity contribution in [3.05, 3.63) is 0 Å². The van der Waals surface area contributed by atoms with E-state index in [1.807, 2.05) is 13.8 Å². The molecule has 0 bridgehead atoms. The predicted molar refractivity (Wildman–Crippen MR) is 59.7 cm³/mol. The van der Waals surface area contributed by atoms with Crippen LogP contribution in [-0.4, -0.2) is 37.7 Å². The van der Waals surface area contributed by atoms with Crippen LogP contribution in [0.3, 0.4) is 0 Å². The molecule has 0 spiro atoms. The largest absolute Gasteiger partial charge is 0.380 e. The van der Waals surface area contributed by atoms with Gasteiger partial charge in [-0.1, -0.05) is 6.42 Å². The molecule has 0 aromatic heterocycles. The molecule has 0 aromatic carbocycles. The summed E-state index contributed by atoms with van der Waals surface area (Å²) in [6.45, 7) is 6.17. The van der Waals surface area contributed by atoms with E-state index in [9.17, 15) is 4.79 Å². The molecule has 1 amide bonds. The first kappa shape index (κ1) is 12.5. The van der Waals surface area contributed by atoms with Crippen LogP contribution in [-0.2, 0) is 9.53 Å². The average Bonchev–Trinajstić information content (AvgIpc) is 2.27. The summed E-state index contributed by atoms with van der Waals surface area (Å²) in [6, 6.07) is 0.101. The van der Waals surface area contributed by atoms with Gasteiger partial charge in [0.25, 0.3) is 0 Å². The highest BCUT2D eigenvalue weighted by molar-refractivity contribution is 5.82. The van der Waals surface area contributed by atoms with Crippen molar-refractivity contribution < 1.29 is 9.53 Å². The van der Waals surface area contributed by atoms with Crippen LogP contribution >= 0.6 is 0 Å². The van der Waals surface area contributed by atoms with Crippen molar-refractivity contribution in [3.63, 3.8) is 0 Å². The molecule has 1 heterocycles. The Morgan fingerprint density at radius 1 is 1.60 bits per heavy atom. The van der Waals surface area contributed by atoms with Gasteiger partial charge >= 0.3 is 0 Å². The Bertz CT molecular complexity index is 191. The first-order chi connectivity index (χ1) is 7.24. The summed E-state index contributed by atoms with van der Waals surface area (Å²) in [7, 11) is 0. The molecule has 4 nitrogen and oxygen atoms in total. The van der Waals surface area contributed by atoms with E-state index in [1.165, 1.54) is 6.42 Å². The molecule has 15 heavy (non-hydrogen) atoms. The maximum absolute atomic E-state index is 11.7. The van der Waals surface area contributed by atoms with E-state index >= 15 is 0 Å². The lowest BCUT2D eigenvalue weighted by Crippen LogP contribution is -2.49. The number of carbonyl (C=O) groups is 1. The molecule has 0 aromatic rings. The zero-order chi connectivity index (χ0) is 11.1. The van der Waals surface area contributed by atoms with Crippen molar-refractivity contribution in [1.29, 1.82) is 0 Å². The van der Waals surface area contributed by atoms with Gasteiger partial charge in [0.2, 0.25) is 5.91 Å². The summed E-state index contributed by atoms with van der Waals surface area (Å²) in [5.41, 5.74) is 0. The van der Waals surface area contributed by atoms with Gasteiger partial charge < -0.3 is 15.4 Å². The highest BCUT2D eigenvalue weighted by Crippen LogP contribution is 2.06. The van der Waals surface area contributed by atoms with Gasteiger partial charge in [0.1, 0.15) is 0 Å². The third-order valence-corrected chi connectivity index (χ3v) is 2.59. The highest BCUT2D eigenvalue weighted by atomic mass is 16.5. The molecule has 88 valence electrons. The van der Waals surface area contributed by atoms with Gasteiger partial charge in [-0.05, 0) is 33.2 Å². The molecule has 1 fully saturated rings. The van der Waals surface area contributed by atoms with Gasteiger partial charge in [0.05, 0.1) is 12.6 Å². The first-order valence-electron chi connectivity index (χ1n) is 5.85. The van der Waals surface area contributed by atoms with Crippen LogP contribution in [0.5, 0.6) is 0 Å². The molecule has 4 heteroatoms. The monoisotopic (exact) mass is 214 g/mol. The number of hydrogen-bond donors (Lipinski definition) is 2. The summed E-state index contributed by atoms with van der Waals surface area (Å²) in [5.74, 6) is 0.113. The standard InChI is InChI=1S/C11H22N2O2/c1-3-15-8-9(2)13-11(14)10-6-4-5-7-12-10/h9-10,12H,3-8H2,1-2H3,(H,13,14)/t9?,10-/m0/s1. The van der Waals surface area contributed by atoms with Crippen molar-refractivity contribution in [2.45, 2.75) is 45.2 Å². The van der Waals surface area contributed by atoms with Crippen LogP contribution in [0, 0.1) is 0 Å². The van der Waals surface area contributed by atoms with Crippen molar-refractivity contribution in [2.75, 3.05) is 19.8 Å². The van der Waals surface area contributed by atoms with Crippen LogP contribution in [0.15, 0.2) is 0 Å². The Kier molecular flexibility index (Phi) is 5.65. The van der Waals surface area contributed by atoms with Crippen LogP contribution in [0.2, 0.25) is 0 Å². The minimum Gasteiger partial charge on any atom is -0.380 e. The second kappa shape index (κ2) is 6.80. The molecule has 1 saturated heterocycles. The van der Waals surface area contributed by atoms with Crippen LogP contribution in [0.4, 0.5) is 0 Å². The number of amides is 1. The third kappa shape index (κ3) is 4.62. The van der Waals surface area contributed by atoms with Crippen molar-refractivity contribution >= 4 is 5.91 Å². The van der Waals surface area contributed by atoms with E-state index in [0.29, 0.717) is 13.2 Å². The molecular formula is C11H22N2O2. The van der Waals surface area contributed by atoms with E-state index in [0.717, 1.165) is 19.4 Å². The molecule has 1 aliphatic rings. The van der Waals surface area contributed by atoms with E-state index in [-0.39, 0.29) is 18.0 Å². The van der Waals surface area contributed by atoms with E-state index in [2.05, 4.69) is 10.6 Å². The Balaban J connectivity index is 2.21. The fourth-order valence-electron chi connectivity index (χ4n) is 1.76. The first-order valence-corrected chi connectivity index (χ1v) is 5.85. The second-order valence-corrected chi connectivity index (χ2v) is 4.07. The molecule has 2 N–H and O–H groups in total. The van der Waals surface area contributed by atoms with Crippen molar-refractivity contribution in [1.82, 2.24) is 10.6 Å². The zero-order valence-electron chi connectivity index (χ0n) is 9.71. The smallest absolute Gasteiger partial charge is 0.237 e. The van der Waals surface area contributed by atoms with Crippen molar-refractivity contribution in [3.8, 4) is 0 Å². The maximum Gasteiger partial charge on any atom is 0.237 e. The Morgan fingerprint density at radius 2 is 2.40 bits per heavy atom. The van der Waals surface area contributed by atoms with Gasteiger partial charge in [-0.2, -0.15) is 0 Å². The molecule has 1 rings (SSSR count). The fraction of sp³-hybridized carbons (Fsp3) is 0.909. The lowest BCUT2D eigenvalue weighted by molar-refractivity contribution is -0.124.